The summed E-state index contributed by atoms with van der Waals surface area (Å²) < 4.78 is 5.25. The molecular formula is C24H21NO2S. The fourth-order valence-corrected chi connectivity index (χ4v) is 4.03. The van der Waals surface area contributed by atoms with E-state index in [1.807, 2.05) is 58.8 Å². The van der Waals surface area contributed by atoms with Crippen LogP contribution < -0.4 is 4.74 Å². The first-order chi connectivity index (χ1) is 13.7. The van der Waals surface area contributed by atoms with Crippen molar-refractivity contribution in [1.82, 2.24) is 4.90 Å². The first-order valence-corrected chi connectivity index (χ1v) is 10.0. The van der Waals surface area contributed by atoms with Crippen molar-refractivity contribution in [2.75, 3.05) is 7.11 Å². The molecule has 0 fully saturated rings. The summed E-state index contributed by atoms with van der Waals surface area (Å²) in [4.78, 5) is 15.9. The van der Waals surface area contributed by atoms with E-state index in [4.69, 9.17) is 4.74 Å². The van der Waals surface area contributed by atoms with Gasteiger partial charge in [-0.25, -0.2) is 0 Å². The van der Waals surface area contributed by atoms with Gasteiger partial charge < -0.3 is 9.64 Å². The van der Waals surface area contributed by atoms with Gasteiger partial charge in [-0.3, -0.25) is 4.79 Å². The van der Waals surface area contributed by atoms with Crippen molar-refractivity contribution in [2.45, 2.75) is 13.1 Å². The van der Waals surface area contributed by atoms with Gasteiger partial charge in [-0.15, -0.1) is 11.3 Å². The summed E-state index contributed by atoms with van der Waals surface area (Å²) in [6, 6.07) is 26.3. The maximum absolute atomic E-state index is 13.2. The zero-order valence-corrected chi connectivity index (χ0v) is 16.5. The van der Waals surface area contributed by atoms with Crippen LogP contribution in [0.3, 0.4) is 0 Å². The van der Waals surface area contributed by atoms with Crippen molar-refractivity contribution in [2.24, 2.45) is 0 Å². The molecule has 28 heavy (non-hydrogen) atoms. The Balaban J connectivity index is 1.66. The maximum Gasteiger partial charge on any atom is 0.264 e. The predicted molar refractivity (Wildman–Crippen MR) is 115 cm³/mol. The van der Waals surface area contributed by atoms with E-state index < -0.39 is 0 Å². The Morgan fingerprint density at radius 1 is 0.893 bits per heavy atom. The van der Waals surface area contributed by atoms with Gasteiger partial charge in [-0.1, -0.05) is 60.7 Å². The second kappa shape index (κ2) is 8.28. The number of carbonyl (C=O) groups excluding carboxylic acids is 1. The largest absolute Gasteiger partial charge is 0.497 e. The van der Waals surface area contributed by atoms with Gasteiger partial charge in [0.05, 0.1) is 12.0 Å². The summed E-state index contributed by atoms with van der Waals surface area (Å²) in [7, 11) is 1.65. The van der Waals surface area contributed by atoms with Crippen LogP contribution in [0, 0.1) is 0 Å². The molecule has 0 aliphatic heterocycles. The number of benzene rings is 3. The van der Waals surface area contributed by atoms with Crippen LogP contribution in [-0.4, -0.2) is 17.9 Å². The molecule has 1 amide bonds. The maximum atomic E-state index is 13.2. The molecule has 140 valence electrons. The highest BCUT2D eigenvalue weighted by Gasteiger charge is 2.18. The molecule has 0 unspecified atom stereocenters. The summed E-state index contributed by atoms with van der Waals surface area (Å²) in [6.45, 7) is 1.11. The number of nitrogens with zero attached hydrogens (tertiary/aromatic N) is 1. The topological polar surface area (TPSA) is 29.5 Å². The fourth-order valence-electron chi connectivity index (χ4n) is 3.34. The highest BCUT2D eigenvalue weighted by atomic mass is 32.1. The molecule has 3 nitrogen and oxygen atoms in total. The number of hydrogen-bond acceptors (Lipinski definition) is 3. The van der Waals surface area contributed by atoms with E-state index >= 15 is 0 Å². The minimum atomic E-state index is 0.0544. The van der Waals surface area contributed by atoms with Crippen LogP contribution in [0.15, 0.2) is 84.2 Å². The summed E-state index contributed by atoms with van der Waals surface area (Å²) >= 11 is 1.48. The van der Waals surface area contributed by atoms with Crippen LogP contribution in [0.4, 0.5) is 0 Å². The van der Waals surface area contributed by atoms with E-state index in [1.54, 1.807) is 7.11 Å². The lowest BCUT2D eigenvalue weighted by Gasteiger charge is -2.23. The van der Waals surface area contributed by atoms with E-state index in [1.165, 1.54) is 22.1 Å². The number of thiophene rings is 1. The molecule has 1 aromatic heterocycles. The molecule has 4 aromatic rings. The molecule has 0 bridgehead atoms. The molecule has 0 saturated carbocycles. The average Bonchev–Trinajstić information content (AvgIpc) is 3.28. The molecule has 0 radical (unpaired) electrons. The Morgan fingerprint density at radius 2 is 1.68 bits per heavy atom. The normalized spacial score (nSPS) is 10.8. The highest BCUT2D eigenvalue weighted by molar-refractivity contribution is 7.12. The minimum Gasteiger partial charge on any atom is -0.497 e. The minimum absolute atomic E-state index is 0.0544. The highest BCUT2D eigenvalue weighted by Crippen LogP contribution is 2.23. The van der Waals surface area contributed by atoms with Gasteiger partial charge in [-0.05, 0) is 45.5 Å². The zero-order chi connectivity index (χ0) is 19.3. The van der Waals surface area contributed by atoms with Gasteiger partial charge >= 0.3 is 0 Å². The molecule has 0 N–H and O–H groups in total. The fraction of sp³-hybridized carbons (Fsp3) is 0.125. The molecule has 0 saturated heterocycles. The van der Waals surface area contributed by atoms with Crippen LogP contribution in [0.1, 0.15) is 20.8 Å². The van der Waals surface area contributed by atoms with E-state index in [0.29, 0.717) is 13.1 Å². The molecule has 3 aromatic carbocycles. The Bertz CT molecular complexity index is 1070. The quantitative estimate of drug-likeness (QED) is 0.421. The SMILES string of the molecule is COc1ccc(CN(Cc2cccc3ccccc23)C(=O)c2cccs2)cc1. The smallest absolute Gasteiger partial charge is 0.264 e. The molecule has 0 atom stereocenters. The standard InChI is InChI=1S/C24H21NO2S/c1-27-21-13-11-18(12-14-21)16-25(24(26)23-10-5-15-28-23)17-20-8-4-7-19-6-2-3-9-22(19)20/h2-15H,16-17H2,1H3. The molecule has 1 heterocycles. The third-order valence-electron chi connectivity index (χ3n) is 4.79. The van der Waals surface area contributed by atoms with Crippen LogP contribution in [0.5, 0.6) is 5.75 Å². The van der Waals surface area contributed by atoms with Crippen LogP contribution in [-0.2, 0) is 13.1 Å². The molecular weight excluding hydrogens is 366 g/mol. The van der Waals surface area contributed by atoms with Crippen molar-refractivity contribution in [3.63, 3.8) is 0 Å². The lowest BCUT2D eigenvalue weighted by molar-refractivity contribution is 0.0735. The van der Waals surface area contributed by atoms with Crippen LogP contribution >= 0.6 is 11.3 Å². The number of fused-ring (bicyclic) bond motifs is 1. The van der Waals surface area contributed by atoms with E-state index in [2.05, 4.69) is 30.3 Å². The van der Waals surface area contributed by atoms with E-state index in [9.17, 15) is 4.79 Å². The molecule has 0 aliphatic rings. The van der Waals surface area contributed by atoms with Crippen molar-refractivity contribution in [3.8, 4) is 5.75 Å². The lowest BCUT2D eigenvalue weighted by atomic mass is 10.0. The van der Waals surface area contributed by atoms with Gasteiger partial charge in [0.1, 0.15) is 5.75 Å². The second-order valence-electron chi connectivity index (χ2n) is 6.62. The number of carbonyl (C=O) groups is 1. The Labute approximate surface area is 168 Å². The van der Waals surface area contributed by atoms with Crippen LogP contribution in [0.2, 0.25) is 0 Å². The molecule has 4 rings (SSSR count). The number of ether oxygens (including phenoxy) is 1. The lowest BCUT2D eigenvalue weighted by Crippen LogP contribution is -2.29. The average molecular weight is 388 g/mol. The Hall–Kier alpha value is -3.11. The van der Waals surface area contributed by atoms with Crippen molar-refractivity contribution >= 4 is 28.0 Å². The van der Waals surface area contributed by atoms with Gasteiger partial charge in [0.25, 0.3) is 5.91 Å². The monoisotopic (exact) mass is 387 g/mol. The number of hydrogen-bond donors (Lipinski definition) is 0. The number of methoxy groups -OCH3 is 1. The summed E-state index contributed by atoms with van der Waals surface area (Å²) in [6.07, 6.45) is 0. The third-order valence-corrected chi connectivity index (χ3v) is 5.65. The first-order valence-electron chi connectivity index (χ1n) is 9.17. The van der Waals surface area contributed by atoms with Gasteiger partial charge in [0.15, 0.2) is 0 Å². The Morgan fingerprint density at radius 3 is 2.43 bits per heavy atom. The van der Waals surface area contributed by atoms with Gasteiger partial charge in [0, 0.05) is 13.1 Å². The number of amides is 1. The number of rotatable bonds is 6. The van der Waals surface area contributed by atoms with Gasteiger partial charge in [-0.2, -0.15) is 0 Å². The molecule has 0 spiro atoms. The molecule has 4 heteroatoms. The zero-order valence-electron chi connectivity index (χ0n) is 15.7. The van der Waals surface area contributed by atoms with E-state index in [0.717, 1.165) is 21.8 Å². The summed E-state index contributed by atoms with van der Waals surface area (Å²) in [5, 5.41) is 4.31. The first kappa shape index (κ1) is 18.3. The van der Waals surface area contributed by atoms with Gasteiger partial charge in [0.2, 0.25) is 0 Å². The van der Waals surface area contributed by atoms with Crippen molar-refractivity contribution < 1.29 is 9.53 Å². The van der Waals surface area contributed by atoms with Crippen LogP contribution in [0.25, 0.3) is 10.8 Å². The van der Waals surface area contributed by atoms with E-state index in [-0.39, 0.29) is 5.91 Å². The summed E-state index contributed by atoms with van der Waals surface area (Å²) in [5.74, 6) is 0.868. The second-order valence-corrected chi connectivity index (χ2v) is 7.57. The third kappa shape index (κ3) is 3.92. The summed E-state index contributed by atoms with van der Waals surface area (Å²) in [5.41, 5.74) is 2.22. The molecule has 0 aliphatic carbocycles. The van der Waals surface area contributed by atoms with Crippen molar-refractivity contribution in [3.05, 3.63) is 100 Å². The predicted octanol–water partition coefficient (Wildman–Crippen LogP) is 5.75. The van der Waals surface area contributed by atoms with Crippen molar-refractivity contribution in [1.29, 1.82) is 0 Å². The Kier molecular flexibility index (Phi) is 5.40.